The summed E-state index contributed by atoms with van der Waals surface area (Å²) in [5.74, 6) is 4.65. The molecule has 0 radical (unpaired) electrons. The number of hydrogen-bond acceptors (Lipinski definition) is 6. The van der Waals surface area contributed by atoms with Crippen molar-refractivity contribution >= 4 is 44.9 Å². The van der Waals surface area contributed by atoms with E-state index in [1.807, 2.05) is 30.3 Å². The quantitative estimate of drug-likeness (QED) is 0.469. The van der Waals surface area contributed by atoms with E-state index in [4.69, 9.17) is 21.5 Å². The maximum atomic E-state index is 10.6. The third-order valence-electron chi connectivity index (χ3n) is 4.39. The molecule has 0 spiro atoms. The van der Waals surface area contributed by atoms with Gasteiger partial charge < -0.3 is 15.7 Å². The van der Waals surface area contributed by atoms with Crippen molar-refractivity contribution in [1.82, 2.24) is 15.3 Å². The van der Waals surface area contributed by atoms with E-state index in [-0.39, 0.29) is 0 Å². The lowest BCUT2D eigenvalue weighted by Crippen LogP contribution is -2.21. The van der Waals surface area contributed by atoms with Crippen LogP contribution in [-0.2, 0) is 11.3 Å². The SMILES string of the molecule is Clc1ccccc1CNc1ncnc2cc(C#C[C@H]3CCCN3)sc12.O=C(O)C(F)(F)F. The normalized spacial score (nSPS) is 15.4. The molecule has 11 heteroatoms. The highest BCUT2D eigenvalue weighted by molar-refractivity contribution is 7.20. The maximum absolute atomic E-state index is 10.6. The molecule has 32 heavy (non-hydrogen) atoms. The number of halogens is 4. The number of carboxylic acids is 1. The van der Waals surface area contributed by atoms with Crippen LogP contribution in [0.3, 0.4) is 0 Å². The van der Waals surface area contributed by atoms with E-state index in [0.717, 1.165) is 44.5 Å². The first-order valence-electron chi connectivity index (χ1n) is 9.51. The second-order valence-corrected chi connectivity index (χ2v) is 8.17. The minimum absolute atomic E-state index is 0.314. The van der Waals surface area contributed by atoms with Gasteiger partial charge >= 0.3 is 12.1 Å². The minimum Gasteiger partial charge on any atom is -0.475 e. The number of fused-ring (bicyclic) bond motifs is 1. The smallest absolute Gasteiger partial charge is 0.475 e. The number of aromatic nitrogens is 2. The highest BCUT2D eigenvalue weighted by atomic mass is 35.5. The summed E-state index contributed by atoms with van der Waals surface area (Å²) in [5, 5.41) is 14.6. The maximum Gasteiger partial charge on any atom is 0.490 e. The number of carboxylic acid groups (broad SMARTS) is 1. The Labute approximate surface area is 190 Å². The van der Waals surface area contributed by atoms with E-state index in [2.05, 4.69) is 32.4 Å². The molecule has 1 aromatic carbocycles. The van der Waals surface area contributed by atoms with Crippen LogP contribution in [0, 0.1) is 11.8 Å². The van der Waals surface area contributed by atoms with Gasteiger partial charge in [-0.2, -0.15) is 13.2 Å². The van der Waals surface area contributed by atoms with Gasteiger partial charge in [0.15, 0.2) is 0 Å². The number of thiophene rings is 1. The van der Waals surface area contributed by atoms with Crippen molar-refractivity contribution in [2.75, 3.05) is 11.9 Å². The van der Waals surface area contributed by atoms with Crippen LogP contribution >= 0.6 is 22.9 Å². The van der Waals surface area contributed by atoms with Crippen LogP contribution in [-0.4, -0.2) is 39.8 Å². The average molecular weight is 483 g/mol. The van der Waals surface area contributed by atoms with Crippen molar-refractivity contribution in [2.24, 2.45) is 0 Å². The van der Waals surface area contributed by atoms with Gasteiger partial charge in [0.05, 0.1) is 21.1 Å². The number of nitrogens with zero attached hydrogens (tertiary/aromatic N) is 2. The lowest BCUT2D eigenvalue weighted by Gasteiger charge is -2.07. The fourth-order valence-electron chi connectivity index (χ4n) is 2.83. The molecule has 0 amide bonds. The molecule has 3 N–H and O–H groups in total. The van der Waals surface area contributed by atoms with Gasteiger partial charge in [-0.05, 0) is 37.1 Å². The summed E-state index contributed by atoms with van der Waals surface area (Å²) in [6.07, 6.45) is -1.17. The van der Waals surface area contributed by atoms with Crippen LogP contribution < -0.4 is 10.6 Å². The van der Waals surface area contributed by atoms with E-state index >= 15 is 0 Å². The Morgan fingerprint density at radius 2 is 2.09 bits per heavy atom. The zero-order valence-electron chi connectivity index (χ0n) is 16.5. The summed E-state index contributed by atoms with van der Waals surface area (Å²) < 4.78 is 32.8. The molecule has 168 valence electrons. The monoisotopic (exact) mass is 482 g/mol. The van der Waals surface area contributed by atoms with E-state index in [0.29, 0.717) is 12.6 Å². The summed E-state index contributed by atoms with van der Waals surface area (Å²) in [5.41, 5.74) is 1.96. The minimum atomic E-state index is -5.08. The fraction of sp³-hybridized carbons (Fsp3) is 0.286. The molecule has 0 unspecified atom stereocenters. The van der Waals surface area contributed by atoms with Crippen LogP contribution in [0.2, 0.25) is 5.02 Å². The Kier molecular flexibility index (Phi) is 7.90. The number of aliphatic carboxylic acids is 1. The second-order valence-electron chi connectivity index (χ2n) is 6.71. The summed E-state index contributed by atoms with van der Waals surface area (Å²) >= 11 is 7.85. The van der Waals surface area contributed by atoms with Crippen LogP contribution in [0.1, 0.15) is 23.3 Å². The van der Waals surface area contributed by atoms with E-state index in [1.54, 1.807) is 17.7 Å². The largest absolute Gasteiger partial charge is 0.490 e. The molecule has 1 saturated heterocycles. The van der Waals surface area contributed by atoms with Crippen molar-refractivity contribution in [1.29, 1.82) is 0 Å². The number of alkyl halides is 3. The zero-order chi connectivity index (χ0) is 23.1. The Morgan fingerprint density at radius 3 is 2.75 bits per heavy atom. The Morgan fingerprint density at radius 1 is 1.34 bits per heavy atom. The van der Waals surface area contributed by atoms with Crippen molar-refractivity contribution in [3.63, 3.8) is 0 Å². The molecule has 0 bridgehead atoms. The van der Waals surface area contributed by atoms with Crippen LogP contribution in [0.15, 0.2) is 36.7 Å². The van der Waals surface area contributed by atoms with Gasteiger partial charge in [0.1, 0.15) is 12.1 Å². The van der Waals surface area contributed by atoms with Gasteiger partial charge in [-0.25, -0.2) is 14.8 Å². The molecule has 0 saturated carbocycles. The molecule has 1 aliphatic heterocycles. The van der Waals surface area contributed by atoms with Gasteiger partial charge in [-0.15, -0.1) is 11.3 Å². The number of nitrogens with one attached hydrogen (secondary N) is 2. The van der Waals surface area contributed by atoms with Crippen LogP contribution in [0.25, 0.3) is 10.2 Å². The Hall–Kier alpha value is -2.87. The molecule has 0 aliphatic carbocycles. The van der Waals surface area contributed by atoms with E-state index in [9.17, 15) is 13.2 Å². The summed E-state index contributed by atoms with van der Waals surface area (Å²) in [6.45, 7) is 1.68. The van der Waals surface area contributed by atoms with Crippen molar-refractivity contribution < 1.29 is 23.1 Å². The number of rotatable bonds is 3. The Balaban J connectivity index is 0.000000360. The highest BCUT2D eigenvalue weighted by Gasteiger charge is 2.38. The number of hydrogen-bond donors (Lipinski definition) is 3. The molecular formula is C21H18ClF3N4O2S. The molecule has 3 aromatic rings. The van der Waals surface area contributed by atoms with E-state index in [1.165, 1.54) is 6.42 Å². The van der Waals surface area contributed by atoms with E-state index < -0.39 is 12.1 Å². The molecular weight excluding hydrogens is 465 g/mol. The lowest BCUT2D eigenvalue weighted by molar-refractivity contribution is -0.192. The Bertz CT molecular complexity index is 1150. The number of benzene rings is 1. The average Bonchev–Trinajstić information content (AvgIpc) is 3.41. The van der Waals surface area contributed by atoms with Gasteiger partial charge in [-0.1, -0.05) is 41.6 Å². The van der Waals surface area contributed by atoms with Gasteiger partial charge in [-0.3, -0.25) is 0 Å². The first kappa shape index (κ1) is 23.8. The van der Waals surface area contributed by atoms with Crippen molar-refractivity contribution in [3.05, 3.63) is 52.1 Å². The number of anilines is 1. The van der Waals surface area contributed by atoms with Gasteiger partial charge in [0.2, 0.25) is 0 Å². The topological polar surface area (TPSA) is 87.1 Å². The molecule has 1 aliphatic rings. The van der Waals surface area contributed by atoms with Crippen LogP contribution in [0.5, 0.6) is 0 Å². The first-order chi connectivity index (χ1) is 15.2. The molecule has 6 nitrogen and oxygen atoms in total. The number of carbonyl (C=O) groups is 1. The van der Waals surface area contributed by atoms with Crippen molar-refractivity contribution in [2.45, 2.75) is 31.6 Å². The van der Waals surface area contributed by atoms with Crippen LogP contribution in [0.4, 0.5) is 19.0 Å². The second kappa shape index (κ2) is 10.6. The molecule has 4 rings (SSSR count). The summed E-state index contributed by atoms with van der Waals surface area (Å²) in [4.78, 5) is 18.7. The first-order valence-corrected chi connectivity index (χ1v) is 10.7. The lowest BCUT2D eigenvalue weighted by atomic mass is 10.2. The summed E-state index contributed by atoms with van der Waals surface area (Å²) in [7, 11) is 0. The fourth-order valence-corrected chi connectivity index (χ4v) is 3.97. The zero-order valence-corrected chi connectivity index (χ0v) is 18.1. The molecule has 1 fully saturated rings. The van der Waals surface area contributed by atoms with Gasteiger partial charge in [0, 0.05) is 11.6 Å². The molecule has 3 heterocycles. The molecule has 2 aromatic heterocycles. The van der Waals surface area contributed by atoms with Crippen molar-refractivity contribution in [3.8, 4) is 11.8 Å². The predicted molar refractivity (Wildman–Crippen MR) is 118 cm³/mol. The third kappa shape index (κ3) is 6.56. The third-order valence-corrected chi connectivity index (χ3v) is 5.80. The molecule has 1 atom stereocenters. The summed E-state index contributed by atoms with van der Waals surface area (Å²) in [6, 6.07) is 10.2. The standard InChI is InChI=1S/C19H17ClN4S.C2HF3O2/c20-16-6-2-1-4-13(16)11-22-19-18-17(23-12-24-19)10-15(25-18)8-7-14-5-3-9-21-14;3-2(4,5)1(6)7/h1-2,4,6,10,12,14,21H,3,5,9,11H2,(H,22,23,24);(H,6,7)/t14-;/m1./s1. The highest BCUT2D eigenvalue weighted by Crippen LogP contribution is 2.29. The predicted octanol–water partition coefficient (Wildman–Crippen LogP) is 4.69. The van der Waals surface area contributed by atoms with Gasteiger partial charge in [0.25, 0.3) is 0 Å².